The van der Waals surface area contributed by atoms with Gasteiger partial charge in [-0.1, -0.05) is 22.2 Å². The van der Waals surface area contributed by atoms with Gasteiger partial charge in [0.1, 0.15) is 11.5 Å². The Kier molecular flexibility index (Phi) is 10.0. The number of fused-ring (bicyclic) bond motifs is 2. The number of benzene rings is 2. The molecule has 0 fully saturated rings. The summed E-state index contributed by atoms with van der Waals surface area (Å²) in [5, 5.41) is 7.91. The fraction of sp³-hybridized carbons (Fsp3) is 0.182. The number of halogens is 6. The van der Waals surface area contributed by atoms with E-state index in [1.54, 1.807) is 36.4 Å². The molecule has 0 saturated carbocycles. The van der Waals surface area contributed by atoms with Gasteiger partial charge in [0.25, 0.3) is 11.6 Å². The van der Waals surface area contributed by atoms with Crippen molar-refractivity contribution in [3.63, 3.8) is 0 Å². The maximum atomic E-state index is 12.1. The normalized spacial score (nSPS) is 15.9. The molecule has 0 saturated heterocycles. The van der Waals surface area contributed by atoms with Crippen LogP contribution in [0, 0.1) is 0 Å². The van der Waals surface area contributed by atoms with Crippen LogP contribution in [0.4, 0.5) is 37.7 Å². The number of ketones is 2. The molecule has 0 unspecified atom stereocenters. The molecule has 0 spiro atoms. The van der Waals surface area contributed by atoms with Crippen LogP contribution in [0.2, 0.25) is 0 Å². The minimum Gasteiger partial charge on any atom is -0.651 e. The fourth-order valence-corrected chi connectivity index (χ4v) is 4.53. The van der Waals surface area contributed by atoms with E-state index in [0.717, 1.165) is 23.5 Å². The van der Waals surface area contributed by atoms with E-state index in [2.05, 4.69) is 10.6 Å². The van der Waals surface area contributed by atoms with Gasteiger partial charge in [0.15, 0.2) is 0 Å². The van der Waals surface area contributed by atoms with E-state index in [4.69, 9.17) is 9.47 Å². The number of allylic oxidation sites excluding steroid dienone is 2. The Balaban J connectivity index is 0.000000253. The fourth-order valence-electron chi connectivity index (χ4n) is 2.67. The molecule has 2 aliphatic heterocycles. The summed E-state index contributed by atoms with van der Waals surface area (Å²) in [6.45, 7) is 0. The zero-order valence-corrected chi connectivity index (χ0v) is 21.2. The van der Waals surface area contributed by atoms with E-state index in [9.17, 15) is 35.9 Å². The number of carbonyl (C=O) groups is 2. The van der Waals surface area contributed by atoms with Crippen LogP contribution in [0.5, 0.6) is 11.5 Å². The standard InChI is InChI=1S/2C11H8F3NO2S.Co/c1-17-6-2-3-8-7(4-6)15-10(18-8)5-9(16)11(12,13)14;1-17-7-4-2-3-6-10(7)18-9(15-6)5-8(16)11(12,13)14;/h2*2-5H,1H3,(H,15,16);/q;;+2/p-2. The Bertz CT molecular complexity index is 1250. The monoisotopic (exact) mass is 607 g/mol. The molecule has 2 aliphatic rings. The largest absolute Gasteiger partial charge is 2.00 e. The van der Waals surface area contributed by atoms with E-state index in [1.807, 2.05) is 0 Å². The van der Waals surface area contributed by atoms with Crippen molar-refractivity contribution in [2.24, 2.45) is 0 Å². The van der Waals surface area contributed by atoms with E-state index >= 15 is 0 Å². The molecular weight excluding hydrogens is 593 g/mol. The summed E-state index contributed by atoms with van der Waals surface area (Å²) in [5.41, 5.74) is 1.00. The quantitative estimate of drug-likeness (QED) is 0.264. The molecule has 0 amide bonds. The Hall–Kier alpha value is -2.75. The third kappa shape index (κ3) is 7.86. The maximum absolute atomic E-state index is 12.1. The predicted octanol–water partition coefficient (Wildman–Crippen LogP) is 7.56. The van der Waals surface area contributed by atoms with E-state index < -0.39 is 23.9 Å². The molecular formula is C22H14CoF6N2O4S2. The van der Waals surface area contributed by atoms with Crippen LogP contribution < -0.4 is 9.47 Å². The summed E-state index contributed by atoms with van der Waals surface area (Å²) in [6, 6.07) is 9.95. The molecule has 2 aromatic carbocycles. The first-order valence-corrected chi connectivity index (χ1v) is 11.2. The number of rotatable bonds is 4. The van der Waals surface area contributed by atoms with E-state index in [-0.39, 0.29) is 26.8 Å². The van der Waals surface area contributed by atoms with Crippen molar-refractivity contribution < 1.29 is 62.2 Å². The number of carbonyl (C=O) groups excluding carboxylic acids is 2. The van der Waals surface area contributed by atoms with Crippen molar-refractivity contribution in [1.29, 1.82) is 0 Å². The Morgan fingerprint density at radius 2 is 1.38 bits per heavy atom. The molecule has 2 heterocycles. The van der Waals surface area contributed by atoms with Crippen LogP contribution in [0.15, 0.2) is 68.4 Å². The molecule has 37 heavy (non-hydrogen) atoms. The minimum atomic E-state index is -4.87. The number of ether oxygens (including phenoxy) is 2. The van der Waals surface area contributed by atoms with Crippen LogP contribution in [0.25, 0.3) is 10.6 Å². The molecule has 0 aliphatic carbocycles. The van der Waals surface area contributed by atoms with Crippen LogP contribution in [-0.2, 0) is 26.4 Å². The number of hydrogen-bond acceptors (Lipinski definition) is 6. The van der Waals surface area contributed by atoms with Gasteiger partial charge in [0.2, 0.25) is 0 Å². The molecule has 0 aromatic heterocycles. The third-order valence-electron chi connectivity index (χ3n) is 4.29. The van der Waals surface area contributed by atoms with E-state index in [0.29, 0.717) is 44.8 Å². The Labute approximate surface area is 225 Å². The minimum absolute atomic E-state index is 0. The molecule has 1 radical (unpaired) electrons. The van der Waals surface area contributed by atoms with Gasteiger partial charge in [0.05, 0.1) is 14.2 Å². The number of methoxy groups -OCH3 is 2. The summed E-state index contributed by atoms with van der Waals surface area (Å²) in [5.74, 6) is -2.75. The Morgan fingerprint density at radius 3 is 1.92 bits per heavy atom. The zero-order chi connectivity index (χ0) is 26.7. The molecule has 0 N–H and O–H groups in total. The molecule has 15 heteroatoms. The molecule has 0 atom stereocenters. The summed E-state index contributed by atoms with van der Waals surface area (Å²) >= 11 is 2.00. The number of nitrogens with zero attached hydrogens (tertiary/aromatic N) is 2. The number of thioether (sulfide) groups is 2. The van der Waals surface area contributed by atoms with Crippen molar-refractivity contribution in [1.82, 2.24) is 0 Å². The summed E-state index contributed by atoms with van der Waals surface area (Å²) in [6.07, 6.45) is -8.75. The zero-order valence-electron chi connectivity index (χ0n) is 18.6. The van der Waals surface area contributed by atoms with Crippen molar-refractivity contribution >= 4 is 46.5 Å². The van der Waals surface area contributed by atoms with Crippen molar-refractivity contribution in [2.75, 3.05) is 14.2 Å². The topological polar surface area (TPSA) is 80.8 Å². The predicted molar refractivity (Wildman–Crippen MR) is 122 cm³/mol. The van der Waals surface area contributed by atoms with Gasteiger partial charge in [-0.2, -0.15) is 26.3 Å². The van der Waals surface area contributed by atoms with Gasteiger partial charge in [0, 0.05) is 4.90 Å². The molecule has 2 aromatic rings. The first-order valence-electron chi connectivity index (χ1n) is 9.61. The van der Waals surface area contributed by atoms with E-state index in [1.165, 1.54) is 14.2 Å². The summed E-state index contributed by atoms with van der Waals surface area (Å²) in [7, 11) is 2.94. The summed E-state index contributed by atoms with van der Waals surface area (Å²) in [4.78, 5) is 22.9. The van der Waals surface area contributed by atoms with Crippen LogP contribution in [0.3, 0.4) is 0 Å². The average Bonchev–Trinajstić information content (AvgIpc) is 3.40. The van der Waals surface area contributed by atoms with Gasteiger partial charge in [-0.05, 0) is 41.3 Å². The van der Waals surface area contributed by atoms with Gasteiger partial charge in [-0.15, -0.1) is 34.9 Å². The maximum Gasteiger partial charge on any atom is 2.00 e. The van der Waals surface area contributed by atoms with Crippen LogP contribution in [-0.4, -0.2) is 38.1 Å². The first-order chi connectivity index (χ1) is 16.8. The number of alkyl halides is 6. The van der Waals surface area contributed by atoms with Crippen molar-refractivity contribution in [3.8, 4) is 11.5 Å². The van der Waals surface area contributed by atoms with Crippen LogP contribution in [0.1, 0.15) is 0 Å². The smallest absolute Gasteiger partial charge is 0.651 e. The van der Waals surface area contributed by atoms with Gasteiger partial charge >= 0.3 is 29.1 Å². The summed E-state index contributed by atoms with van der Waals surface area (Å²) < 4.78 is 82.6. The molecule has 6 nitrogen and oxygen atoms in total. The van der Waals surface area contributed by atoms with Crippen molar-refractivity contribution in [2.45, 2.75) is 22.1 Å². The number of hydrogen-bond donors (Lipinski definition) is 0. The second-order valence-electron chi connectivity index (χ2n) is 6.76. The Morgan fingerprint density at radius 1 is 0.811 bits per heavy atom. The first kappa shape index (κ1) is 30.5. The second-order valence-corrected chi connectivity index (χ2v) is 8.85. The second kappa shape index (κ2) is 12.2. The SMILES string of the molecule is COc1ccc2c(c1)[N-]/C(=C\C(=O)C(F)(F)F)S2.COc1cccc2c1S/C(=C/C(=O)C(F)(F)F)[N-]2.[Co+2]. The van der Waals surface area contributed by atoms with Gasteiger partial charge < -0.3 is 20.1 Å². The van der Waals surface area contributed by atoms with Crippen LogP contribution >= 0.6 is 23.5 Å². The molecule has 199 valence electrons. The van der Waals surface area contributed by atoms with Gasteiger partial charge in [-0.25, -0.2) is 0 Å². The molecule has 4 rings (SSSR count). The average molecular weight is 607 g/mol. The third-order valence-corrected chi connectivity index (χ3v) is 6.31. The van der Waals surface area contributed by atoms with Crippen molar-refractivity contribution in [3.05, 3.63) is 69.2 Å². The van der Waals surface area contributed by atoms with Gasteiger partial charge in [-0.3, -0.25) is 9.59 Å². The molecule has 0 bridgehead atoms.